The van der Waals surface area contributed by atoms with Crippen molar-refractivity contribution in [3.8, 4) is 0 Å². The molecular weight excluding hydrogens is 238 g/mol. The molecular formula is C14H23N5. The summed E-state index contributed by atoms with van der Waals surface area (Å²) in [5, 5.41) is 0. The first-order valence-electron chi connectivity index (χ1n) is 7.39. The maximum absolute atomic E-state index is 5.52. The van der Waals surface area contributed by atoms with Crippen LogP contribution in [0.4, 0.5) is 11.6 Å². The second-order valence-corrected chi connectivity index (χ2v) is 5.78. The average Bonchev–Trinajstić information content (AvgIpc) is 2.99. The van der Waals surface area contributed by atoms with Crippen LogP contribution in [0.3, 0.4) is 0 Å². The van der Waals surface area contributed by atoms with Gasteiger partial charge in [0.15, 0.2) is 0 Å². The van der Waals surface area contributed by atoms with Gasteiger partial charge in [-0.2, -0.15) is 0 Å². The summed E-state index contributed by atoms with van der Waals surface area (Å²) >= 11 is 0. The van der Waals surface area contributed by atoms with Crippen molar-refractivity contribution in [3.05, 3.63) is 11.9 Å². The molecule has 0 spiro atoms. The quantitative estimate of drug-likeness (QED) is 0.640. The van der Waals surface area contributed by atoms with Gasteiger partial charge in [0.05, 0.1) is 0 Å². The average molecular weight is 261 g/mol. The summed E-state index contributed by atoms with van der Waals surface area (Å²) in [7, 11) is 0. The first kappa shape index (κ1) is 12.7. The van der Waals surface area contributed by atoms with E-state index in [9.17, 15) is 0 Å². The zero-order valence-corrected chi connectivity index (χ0v) is 11.6. The smallest absolute Gasteiger partial charge is 0.145 e. The molecule has 1 saturated carbocycles. The van der Waals surface area contributed by atoms with Crippen molar-refractivity contribution in [1.82, 2.24) is 9.97 Å². The third kappa shape index (κ3) is 2.52. The van der Waals surface area contributed by atoms with Crippen LogP contribution in [0.15, 0.2) is 6.07 Å². The van der Waals surface area contributed by atoms with Gasteiger partial charge in [0, 0.05) is 25.6 Å². The van der Waals surface area contributed by atoms with Gasteiger partial charge >= 0.3 is 0 Å². The zero-order valence-electron chi connectivity index (χ0n) is 11.6. The van der Waals surface area contributed by atoms with E-state index in [0.29, 0.717) is 0 Å². The number of hydrazine groups is 1. The molecule has 0 aromatic carbocycles. The van der Waals surface area contributed by atoms with E-state index >= 15 is 0 Å². The lowest BCUT2D eigenvalue weighted by Crippen LogP contribution is -2.23. The molecule has 2 unspecified atom stereocenters. The molecule has 1 aliphatic carbocycles. The first-order chi connectivity index (χ1) is 9.30. The first-order valence-corrected chi connectivity index (χ1v) is 7.39. The number of hydrogen-bond acceptors (Lipinski definition) is 5. The fourth-order valence-corrected chi connectivity index (χ4v) is 3.48. The summed E-state index contributed by atoms with van der Waals surface area (Å²) in [4.78, 5) is 11.5. The summed E-state index contributed by atoms with van der Waals surface area (Å²) in [6, 6.07) is 1.97. The van der Waals surface area contributed by atoms with Crippen molar-refractivity contribution in [2.45, 2.75) is 39.0 Å². The van der Waals surface area contributed by atoms with Gasteiger partial charge in [-0.3, -0.25) is 0 Å². The molecule has 0 bridgehead atoms. The van der Waals surface area contributed by atoms with E-state index in [-0.39, 0.29) is 0 Å². The third-order valence-electron chi connectivity index (χ3n) is 4.43. The molecule has 5 heteroatoms. The van der Waals surface area contributed by atoms with Gasteiger partial charge in [-0.15, -0.1) is 0 Å². The van der Waals surface area contributed by atoms with Crippen molar-refractivity contribution in [2.75, 3.05) is 23.4 Å². The van der Waals surface area contributed by atoms with Crippen LogP contribution < -0.4 is 16.2 Å². The number of nitrogens with two attached hydrogens (primary N) is 1. The predicted octanol–water partition coefficient (Wildman–Crippen LogP) is 1.95. The number of nitrogen functional groups attached to an aromatic ring is 1. The molecule has 0 amide bonds. The van der Waals surface area contributed by atoms with Gasteiger partial charge < -0.3 is 10.3 Å². The largest absolute Gasteiger partial charge is 0.356 e. The van der Waals surface area contributed by atoms with E-state index in [1.165, 1.54) is 19.3 Å². The third-order valence-corrected chi connectivity index (χ3v) is 4.43. The minimum absolute atomic E-state index is 0.727. The molecule has 1 aliphatic heterocycles. The maximum Gasteiger partial charge on any atom is 0.145 e. The molecule has 3 rings (SSSR count). The lowest BCUT2D eigenvalue weighted by Gasteiger charge is -2.19. The highest BCUT2D eigenvalue weighted by atomic mass is 15.3. The summed E-state index contributed by atoms with van der Waals surface area (Å²) in [6.07, 6.45) is 6.14. The van der Waals surface area contributed by atoms with Gasteiger partial charge in [-0.25, -0.2) is 15.8 Å². The predicted molar refractivity (Wildman–Crippen MR) is 76.9 cm³/mol. The Hall–Kier alpha value is -1.36. The number of aryl methyl sites for hydroxylation is 1. The number of hydrogen-bond donors (Lipinski definition) is 2. The minimum atomic E-state index is 0.727. The van der Waals surface area contributed by atoms with Crippen LogP contribution in [0.1, 0.15) is 38.4 Å². The summed E-state index contributed by atoms with van der Waals surface area (Å²) in [5.41, 5.74) is 2.66. The molecule has 1 aromatic rings. The molecule has 3 N–H and O–H groups in total. The Morgan fingerprint density at radius 2 is 2.05 bits per heavy atom. The zero-order chi connectivity index (χ0) is 13.2. The Kier molecular flexibility index (Phi) is 3.55. The Morgan fingerprint density at radius 1 is 1.32 bits per heavy atom. The van der Waals surface area contributed by atoms with Crippen molar-refractivity contribution in [3.63, 3.8) is 0 Å². The number of rotatable bonds is 4. The normalized spacial score (nSPS) is 25.7. The van der Waals surface area contributed by atoms with Gasteiger partial charge in [0.2, 0.25) is 0 Å². The van der Waals surface area contributed by atoms with Crippen LogP contribution >= 0.6 is 0 Å². The number of anilines is 2. The van der Waals surface area contributed by atoms with E-state index in [0.717, 1.165) is 55.2 Å². The molecule has 2 aliphatic rings. The van der Waals surface area contributed by atoms with E-state index in [1.54, 1.807) is 0 Å². The van der Waals surface area contributed by atoms with Crippen molar-refractivity contribution >= 4 is 11.6 Å². The molecule has 5 nitrogen and oxygen atoms in total. The molecule has 19 heavy (non-hydrogen) atoms. The summed E-state index contributed by atoms with van der Waals surface area (Å²) < 4.78 is 0. The Morgan fingerprint density at radius 3 is 2.68 bits per heavy atom. The highest BCUT2D eigenvalue weighted by Gasteiger charge is 2.36. The molecule has 104 valence electrons. The number of aromatic nitrogens is 2. The standard InChI is InChI=1S/C14H23N5/c1-2-4-12-16-13(18-15)7-14(17-12)19-8-10-5-3-6-11(10)9-19/h7,10-11H,2-6,8-9,15H2,1H3,(H,16,17,18). The fraction of sp³-hybridized carbons (Fsp3) is 0.714. The minimum Gasteiger partial charge on any atom is -0.356 e. The highest BCUT2D eigenvalue weighted by molar-refractivity contribution is 5.49. The Bertz CT molecular complexity index is 435. The highest BCUT2D eigenvalue weighted by Crippen LogP contribution is 2.39. The van der Waals surface area contributed by atoms with E-state index in [2.05, 4.69) is 22.2 Å². The van der Waals surface area contributed by atoms with Crippen LogP contribution in [-0.2, 0) is 6.42 Å². The van der Waals surface area contributed by atoms with Crippen molar-refractivity contribution < 1.29 is 0 Å². The molecule has 2 fully saturated rings. The lowest BCUT2D eigenvalue weighted by atomic mass is 10.0. The second-order valence-electron chi connectivity index (χ2n) is 5.78. The second kappa shape index (κ2) is 5.33. The summed E-state index contributed by atoms with van der Waals surface area (Å²) in [5.74, 6) is 9.93. The Balaban J connectivity index is 1.81. The fourth-order valence-electron chi connectivity index (χ4n) is 3.48. The monoisotopic (exact) mass is 261 g/mol. The summed E-state index contributed by atoms with van der Waals surface area (Å²) in [6.45, 7) is 4.44. The van der Waals surface area contributed by atoms with Crippen LogP contribution in [0, 0.1) is 11.8 Å². The van der Waals surface area contributed by atoms with Crippen molar-refractivity contribution in [1.29, 1.82) is 0 Å². The molecule has 2 heterocycles. The number of nitrogens with one attached hydrogen (secondary N) is 1. The van der Waals surface area contributed by atoms with Crippen LogP contribution in [-0.4, -0.2) is 23.1 Å². The van der Waals surface area contributed by atoms with Gasteiger partial charge in [0.25, 0.3) is 0 Å². The number of nitrogens with zero attached hydrogens (tertiary/aromatic N) is 3. The van der Waals surface area contributed by atoms with Crippen LogP contribution in [0.25, 0.3) is 0 Å². The SMILES string of the molecule is CCCc1nc(NN)cc(N2CC3CCCC3C2)n1. The number of fused-ring (bicyclic) bond motifs is 1. The van der Waals surface area contributed by atoms with Gasteiger partial charge in [0.1, 0.15) is 17.5 Å². The molecule has 1 saturated heterocycles. The van der Waals surface area contributed by atoms with E-state index in [1.807, 2.05) is 6.07 Å². The van der Waals surface area contributed by atoms with E-state index in [4.69, 9.17) is 10.8 Å². The topological polar surface area (TPSA) is 67.1 Å². The lowest BCUT2D eigenvalue weighted by molar-refractivity contribution is 0.494. The molecule has 0 radical (unpaired) electrons. The van der Waals surface area contributed by atoms with Crippen molar-refractivity contribution in [2.24, 2.45) is 17.7 Å². The van der Waals surface area contributed by atoms with Gasteiger partial charge in [-0.05, 0) is 31.1 Å². The van der Waals surface area contributed by atoms with Crippen LogP contribution in [0.5, 0.6) is 0 Å². The molecule has 2 atom stereocenters. The molecule has 1 aromatic heterocycles. The Labute approximate surface area is 114 Å². The van der Waals surface area contributed by atoms with Crippen LogP contribution in [0.2, 0.25) is 0 Å². The van der Waals surface area contributed by atoms with Gasteiger partial charge in [-0.1, -0.05) is 13.3 Å². The maximum atomic E-state index is 5.52. The van der Waals surface area contributed by atoms with E-state index < -0.39 is 0 Å².